The van der Waals surface area contributed by atoms with Crippen molar-refractivity contribution >= 4 is 17.8 Å². The maximum Gasteiger partial charge on any atom is 0.326 e. The third-order valence-corrected chi connectivity index (χ3v) is 3.84. The molecule has 140 valence electrons. The zero-order valence-electron chi connectivity index (χ0n) is 15.1. The van der Waals surface area contributed by atoms with Crippen LogP contribution >= 0.6 is 0 Å². The van der Waals surface area contributed by atoms with Crippen LogP contribution < -0.4 is 16.4 Å². The van der Waals surface area contributed by atoms with Gasteiger partial charge in [0, 0.05) is 6.42 Å². The van der Waals surface area contributed by atoms with E-state index < -0.39 is 24.0 Å². The molecule has 7 heteroatoms. The van der Waals surface area contributed by atoms with Gasteiger partial charge in [-0.1, -0.05) is 46.5 Å². The molecule has 0 bridgehead atoms. The minimum Gasteiger partial charge on any atom is -0.480 e. The van der Waals surface area contributed by atoms with Crippen molar-refractivity contribution < 1.29 is 19.5 Å². The molecule has 2 atom stereocenters. The molecule has 0 aromatic rings. The lowest BCUT2D eigenvalue weighted by atomic mass is 10.0. The summed E-state index contributed by atoms with van der Waals surface area (Å²) in [5, 5.41) is 14.3. The van der Waals surface area contributed by atoms with Crippen LogP contribution in [0.1, 0.15) is 65.7 Å². The van der Waals surface area contributed by atoms with Crippen molar-refractivity contribution in [3.63, 3.8) is 0 Å². The molecular formula is C17H33N3O4. The van der Waals surface area contributed by atoms with E-state index in [1.807, 2.05) is 13.8 Å². The highest BCUT2D eigenvalue weighted by molar-refractivity contribution is 5.90. The van der Waals surface area contributed by atoms with Crippen molar-refractivity contribution in [2.75, 3.05) is 6.54 Å². The third kappa shape index (κ3) is 9.50. The summed E-state index contributed by atoms with van der Waals surface area (Å²) in [6.45, 7) is 5.91. The Labute approximate surface area is 144 Å². The van der Waals surface area contributed by atoms with Crippen molar-refractivity contribution in [1.29, 1.82) is 0 Å². The highest BCUT2D eigenvalue weighted by atomic mass is 16.4. The highest BCUT2D eigenvalue weighted by Gasteiger charge is 2.28. The van der Waals surface area contributed by atoms with Crippen molar-refractivity contribution in [1.82, 2.24) is 10.6 Å². The van der Waals surface area contributed by atoms with Gasteiger partial charge in [0.2, 0.25) is 11.8 Å². The number of rotatable bonds is 13. The lowest BCUT2D eigenvalue weighted by molar-refractivity contribution is -0.142. The first-order chi connectivity index (χ1) is 11.3. The monoisotopic (exact) mass is 343 g/mol. The zero-order valence-corrected chi connectivity index (χ0v) is 15.1. The summed E-state index contributed by atoms with van der Waals surface area (Å²) in [6, 6.07) is -1.78. The van der Waals surface area contributed by atoms with Crippen LogP contribution in [0.2, 0.25) is 0 Å². The minimum absolute atomic E-state index is 0.138. The fourth-order valence-electron chi connectivity index (χ4n) is 2.36. The highest BCUT2D eigenvalue weighted by Crippen LogP contribution is 2.07. The maximum atomic E-state index is 12.3. The number of hydrogen-bond donors (Lipinski definition) is 4. The average molecular weight is 343 g/mol. The second-order valence-electron chi connectivity index (χ2n) is 6.43. The number of carbonyl (C=O) groups excluding carboxylic acids is 2. The standard InChI is InChI=1S/C17H33N3O4/c1-4-5-6-7-8-9-14(21)20-15(12(2)3)16(22)19-13(10-11-18)17(23)24/h12-13,15H,4-11,18H2,1-3H3,(H,19,22)(H,20,21)(H,23,24)/t13-,15-/m1/s1. The van der Waals surface area contributed by atoms with Gasteiger partial charge in [-0.2, -0.15) is 0 Å². The van der Waals surface area contributed by atoms with E-state index in [9.17, 15) is 14.4 Å². The van der Waals surface area contributed by atoms with Crippen LogP contribution in [0, 0.1) is 5.92 Å². The van der Waals surface area contributed by atoms with Crippen molar-refractivity contribution in [2.45, 2.75) is 77.8 Å². The zero-order chi connectivity index (χ0) is 18.5. The molecule has 0 aliphatic heterocycles. The van der Waals surface area contributed by atoms with E-state index in [1.54, 1.807) is 0 Å². The fraction of sp³-hybridized carbons (Fsp3) is 0.824. The van der Waals surface area contributed by atoms with Gasteiger partial charge in [-0.15, -0.1) is 0 Å². The summed E-state index contributed by atoms with van der Waals surface area (Å²) in [5.41, 5.74) is 5.36. The van der Waals surface area contributed by atoms with Crippen LogP contribution in [-0.4, -0.2) is 41.5 Å². The number of hydrogen-bond acceptors (Lipinski definition) is 4. The summed E-state index contributed by atoms with van der Waals surface area (Å²) in [5.74, 6) is -1.92. The molecule has 0 heterocycles. The van der Waals surface area contributed by atoms with E-state index in [1.165, 1.54) is 0 Å². The molecule has 0 aromatic carbocycles. The molecular weight excluding hydrogens is 310 g/mol. The molecule has 0 fully saturated rings. The van der Waals surface area contributed by atoms with Gasteiger partial charge < -0.3 is 21.5 Å². The average Bonchev–Trinajstić information content (AvgIpc) is 2.51. The Morgan fingerprint density at radius 2 is 1.67 bits per heavy atom. The summed E-state index contributed by atoms with van der Waals surface area (Å²) < 4.78 is 0. The number of aliphatic carboxylic acids is 1. The predicted molar refractivity (Wildman–Crippen MR) is 93.4 cm³/mol. The van der Waals surface area contributed by atoms with E-state index in [2.05, 4.69) is 17.6 Å². The molecule has 0 spiro atoms. The molecule has 0 unspecified atom stereocenters. The van der Waals surface area contributed by atoms with Crippen LogP contribution in [0.4, 0.5) is 0 Å². The Morgan fingerprint density at radius 3 is 2.17 bits per heavy atom. The fourth-order valence-corrected chi connectivity index (χ4v) is 2.36. The molecule has 7 nitrogen and oxygen atoms in total. The molecule has 0 aliphatic rings. The van der Waals surface area contributed by atoms with E-state index in [0.717, 1.165) is 32.1 Å². The van der Waals surface area contributed by atoms with Crippen LogP contribution in [-0.2, 0) is 14.4 Å². The van der Waals surface area contributed by atoms with Crippen molar-refractivity contribution in [3.05, 3.63) is 0 Å². The smallest absolute Gasteiger partial charge is 0.326 e. The normalized spacial score (nSPS) is 13.4. The number of carboxylic acids is 1. The van der Waals surface area contributed by atoms with Gasteiger partial charge >= 0.3 is 5.97 Å². The molecule has 0 rings (SSSR count). The lowest BCUT2D eigenvalue weighted by Crippen LogP contribution is -2.54. The maximum absolute atomic E-state index is 12.3. The number of nitrogens with one attached hydrogen (secondary N) is 2. The number of carbonyl (C=O) groups is 3. The first-order valence-electron chi connectivity index (χ1n) is 8.86. The van der Waals surface area contributed by atoms with Crippen molar-refractivity contribution in [2.24, 2.45) is 11.7 Å². The second kappa shape index (κ2) is 12.8. The molecule has 0 saturated carbocycles. The first kappa shape index (κ1) is 22.4. The second-order valence-corrected chi connectivity index (χ2v) is 6.43. The Bertz CT molecular complexity index is 399. The molecule has 0 radical (unpaired) electrons. The summed E-state index contributed by atoms with van der Waals surface area (Å²) in [6.07, 6.45) is 5.74. The molecule has 0 saturated heterocycles. The number of nitrogens with two attached hydrogens (primary N) is 1. The number of amides is 2. The Hall–Kier alpha value is -1.63. The Balaban J connectivity index is 4.48. The Kier molecular flexibility index (Phi) is 11.9. The van der Waals surface area contributed by atoms with Gasteiger partial charge in [0.15, 0.2) is 0 Å². The van der Waals surface area contributed by atoms with Gasteiger partial charge in [-0.3, -0.25) is 9.59 Å². The molecule has 0 aliphatic carbocycles. The van der Waals surface area contributed by atoms with Crippen molar-refractivity contribution in [3.8, 4) is 0 Å². The van der Waals surface area contributed by atoms with Gasteiger partial charge in [0.1, 0.15) is 12.1 Å². The van der Waals surface area contributed by atoms with Crippen LogP contribution in [0.25, 0.3) is 0 Å². The van der Waals surface area contributed by atoms with Gasteiger partial charge in [0.05, 0.1) is 0 Å². The van der Waals surface area contributed by atoms with Gasteiger partial charge in [-0.25, -0.2) is 4.79 Å². The van der Waals surface area contributed by atoms with Gasteiger partial charge in [-0.05, 0) is 25.3 Å². The van der Waals surface area contributed by atoms with E-state index in [4.69, 9.17) is 10.8 Å². The summed E-state index contributed by atoms with van der Waals surface area (Å²) >= 11 is 0. The topological polar surface area (TPSA) is 122 Å². The number of unbranched alkanes of at least 4 members (excludes halogenated alkanes) is 4. The third-order valence-electron chi connectivity index (χ3n) is 3.84. The van der Waals surface area contributed by atoms with Crippen LogP contribution in [0.5, 0.6) is 0 Å². The van der Waals surface area contributed by atoms with E-state index in [0.29, 0.717) is 6.42 Å². The lowest BCUT2D eigenvalue weighted by Gasteiger charge is -2.24. The van der Waals surface area contributed by atoms with E-state index in [-0.39, 0.29) is 24.8 Å². The quantitative estimate of drug-likeness (QED) is 0.377. The van der Waals surface area contributed by atoms with Crippen LogP contribution in [0.15, 0.2) is 0 Å². The largest absolute Gasteiger partial charge is 0.480 e. The molecule has 5 N–H and O–H groups in total. The van der Waals surface area contributed by atoms with Gasteiger partial charge in [0.25, 0.3) is 0 Å². The molecule has 24 heavy (non-hydrogen) atoms. The summed E-state index contributed by atoms with van der Waals surface area (Å²) in [4.78, 5) is 35.4. The summed E-state index contributed by atoms with van der Waals surface area (Å²) in [7, 11) is 0. The molecule has 2 amide bonds. The van der Waals surface area contributed by atoms with Crippen LogP contribution in [0.3, 0.4) is 0 Å². The predicted octanol–water partition coefficient (Wildman–Crippen LogP) is 1.41. The Morgan fingerprint density at radius 1 is 1.04 bits per heavy atom. The first-order valence-corrected chi connectivity index (χ1v) is 8.86. The number of carboxylic acid groups (broad SMARTS) is 1. The SMILES string of the molecule is CCCCCCCC(=O)N[C@@H](C(=O)N[C@H](CCN)C(=O)O)C(C)C. The molecule has 0 aromatic heterocycles. The minimum atomic E-state index is -1.13. The van der Waals surface area contributed by atoms with E-state index >= 15 is 0 Å².